The van der Waals surface area contributed by atoms with E-state index in [0.29, 0.717) is 24.0 Å². The third kappa shape index (κ3) is 14.7. The summed E-state index contributed by atoms with van der Waals surface area (Å²) in [4.78, 5) is 105. The average Bonchev–Trinajstić information content (AvgIpc) is 3.18. The molecule has 0 unspecified atom stereocenters. The van der Waals surface area contributed by atoms with Gasteiger partial charge in [0.05, 0.1) is 19.0 Å². The van der Waals surface area contributed by atoms with E-state index in [1.165, 1.54) is 12.1 Å². The highest BCUT2D eigenvalue weighted by Crippen LogP contribution is 2.29. The lowest BCUT2D eigenvalue weighted by molar-refractivity contribution is -0.142. The Hall–Kier alpha value is -6.04. The Morgan fingerprint density at radius 3 is 1.76 bits per heavy atom. The van der Waals surface area contributed by atoms with Crippen LogP contribution in [-0.4, -0.2) is 99.8 Å². The topological polar surface area (TPSA) is 301 Å². The van der Waals surface area contributed by atoms with Gasteiger partial charge in [-0.05, 0) is 54.4 Å². The second-order valence-corrected chi connectivity index (χ2v) is 15.6. The van der Waals surface area contributed by atoms with Gasteiger partial charge in [0.1, 0.15) is 35.5 Å². The number of rotatable bonds is 21. The van der Waals surface area contributed by atoms with Crippen molar-refractivity contribution in [3.63, 3.8) is 0 Å². The van der Waals surface area contributed by atoms with Crippen LogP contribution in [0.1, 0.15) is 77.3 Å². The van der Waals surface area contributed by atoms with E-state index >= 15 is 0 Å². The molecule has 5 atom stereocenters. The van der Waals surface area contributed by atoms with E-state index < -0.39 is 108 Å². The lowest BCUT2D eigenvalue weighted by Gasteiger charge is -2.38. The molecule has 2 aromatic rings. The molecule has 18 heteroatoms. The quantitative estimate of drug-likeness (QED) is 0.0776. The van der Waals surface area contributed by atoms with Crippen LogP contribution in [0.3, 0.4) is 0 Å². The molecule has 0 aliphatic heterocycles. The van der Waals surface area contributed by atoms with Gasteiger partial charge in [0.25, 0.3) is 0 Å². The van der Waals surface area contributed by atoms with Crippen molar-refractivity contribution in [2.75, 3.05) is 6.54 Å². The summed E-state index contributed by atoms with van der Waals surface area (Å²) >= 11 is 0. The number of primary amides is 1. The van der Waals surface area contributed by atoms with E-state index in [9.17, 15) is 48.6 Å². The lowest BCUT2D eigenvalue weighted by Crippen LogP contribution is -2.65. The van der Waals surface area contributed by atoms with Crippen molar-refractivity contribution < 1.29 is 48.6 Å². The number of carbonyl (C=O) groups is 8. The van der Waals surface area contributed by atoms with Crippen LogP contribution < -0.4 is 43.4 Å². The average molecular weight is 823 g/mol. The number of carboxylic acid groups (broad SMARTS) is 1. The number of amides is 7. The molecule has 7 amide bonds. The maximum Gasteiger partial charge on any atom is 0.305 e. The Labute approximate surface area is 343 Å². The van der Waals surface area contributed by atoms with Crippen LogP contribution in [0.4, 0.5) is 0 Å². The molecule has 322 valence electrons. The number of carbonyl (C=O) groups excluding carboxylic acids is 7. The number of aliphatic carboxylic acids is 1. The van der Waals surface area contributed by atoms with Gasteiger partial charge >= 0.3 is 5.97 Å². The Morgan fingerprint density at radius 1 is 0.661 bits per heavy atom. The zero-order chi connectivity index (χ0) is 43.9. The van der Waals surface area contributed by atoms with Crippen LogP contribution in [0.2, 0.25) is 0 Å². The predicted molar refractivity (Wildman–Crippen MR) is 216 cm³/mol. The van der Waals surface area contributed by atoms with Crippen LogP contribution in [0.25, 0.3) is 0 Å². The molecule has 0 bridgehead atoms. The van der Waals surface area contributed by atoms with E-state index in [4.69, 9.17) is 11.5 Å². The second-order valence-electron chi connectivity index (χ2n) is 15.6. The van der Waals surface area contributed by atoms with Crippen LogP contribution in [0.5, 0.6) is 5.75 Å². The van der Waals surface area contributed by atoms with Crippen LogP contribution in [-0.2, 0) is 51.2 Å². The molecule has 0 heterocycles. The van der Waals surface area contributed by atoms with Gasteiger partial charge in [0, 0.05) is 6.42 Å². The van der Waals surface area contributed by atoms with Gasteiger partial charge < -0.3 is 53.6 Å². The third-order valence-electron chi connectivity index (χ3n) is 10.1. The van der Waals surface area contributed by atoms with Crippen molar-refractivity contribution >= 4 is 47.3 Å². The van der Waals surface area contributed by atoms with E-state index in [0.717, 1.165) is 6.42 Å². The number of benzene rings is 2. The molecule has 12 N–H and O–H groups in total. The summed E-state index contributed by atoms with van der Waals surface area (Å²) in [5, 5.41) is 34.9. The molecule has 18 nitrogen and oxygen atoms in total. The van der Waals surface area contributed by atoms with E-state index in [1.54, 1.807) is 70.2 Å². The first-order chi connectivity index (χ1) is 27.8. The normalized spacial score (nSPS) is 16.0. The minimum Gasteiger partial charge on any atom is -0.508 e. The lowest BCUT2D eigenvalue weighted by atomic mass is 9.80. The van der Waals surface area contributed by atoms with Gasteiger partial charge in [0.15, 0.2) is 0 Å². The van der Waals surface area contributed by atoms with Gasteiger partial charge in [0.2, 0.25) is 41.4 Å². The smallest absolute Gasteiger partial charge is 0.305 e. The fraction of sp³-hybridized carbons (Fsp3) is 0.512. The molecule has 59 heavy (non-hydrogen) atoms. The highest BCUT2D eigenvalue weighted by molar-refractivity contribution is 5.99. The third-order valence-corrected chi connectivity index (χ3v) is 10.1. The Kier molecular flexibility index (Phi) is 17.8. The van der Waals surface area contributed by atoms with Crippen molar-refractivity contribution in [1.29, 1.82) is 0 Å². The van der Waals surface area contributed by atoms with Gasteiger partial charge in [-0.2, -0.15) is 0 Å². The van der Waals surface area contributed by atoms with Crippen molar-refractivity contribution in [2.24, 2.45) is 23.3 Å². The van der Waals surface area contributed by atoms with Crippen molar-refractivity contribution in [3.8, 4) is 5.75 Å². The Bertz CT molecular complexity index is 1800. The number of carboxylic acids is 1. The molecule has 3 rings (SSSR count). The van der Waals surface area contributed by atoms with Crippen LogP contribution in [0, 0.1) is 11.8 Å². The molecular weight excluding hydrogens is 764 g/mol. The summed E-state index contributed by atoms with van der Waals surface area (Å²) in [5.74, 6) is -7.85. The van der Waals surface area contributed by atoms with Gasteiger partial charge in [-0.1, -0.05) is 89.4 Å². The minimum absolute atomic E-state index is 0.0544. The number of nitrogens with two attached hydrogens (primary N) is 2. The zero-order valence-corrected chi connectivity index (χ0v) is 33.9. The summed E-state index contributed by atoms with van der Waals surface area (Å²) in [7, 11) is 0. The number of phenols is 1. The largest absolute Gasteiger partial charge is 0.508 e. The minimum atomic E-state index is -1.72. The summed E-state index contributed by atoms with van der Waals surface area (Å²) in [6, 6.07) is 8.34. The van der Waals surface area contributed by atoms with Crippen molar-refractivity contribution in [1.82, 2.24) is 31.9 Å². The fourth-order valence-corrected chi connectivity index (χ4v) is 6.73. The first-order valence-corrected chi connectivity index (χ1v) is 19.7. The van der Waals surface area contributed by atoms with Gasteiger partial charge in [-0.25, -0.2) is 0 Å². The molecule has 1 fully saturated rings. The first kappa shape index (κ1) is 47.3. The predicted octanol–water partition coefficient (Wildman–Crippen LogP) is -0.349. The summed E-state index contributed by atoms with van der Waals surface area (Å²) in [6.45, 7) is 6.06. The molecule has 1 saturated carbocycles. The van der Waals surface area contributed by atoms with Gasteiger partial charge in [-0.15, -0.1) is 0 Å². The second kappa shape index (κ2) is 22.2. The first-order valence-electron chi connectivity index (χ1n) is 19.7. The maximum absolute atomic E-state index is 14.3. The van der Waals surface area contributed by atoms with E-state index in [2.05, 4.69) is 31.9 Å². The number of aromatic hydroxyl groups is 1. The number of phenolic OH excluding ortho intramolecular Hbond substituents is 1. The summed E-state index contributed by atoms with van der Waals surface area (Å²) < 4.78 is 0. The Morgan fingerprint density at radius 2 is 1.20 bits per heavy atom. The molecule has 0 saturated heterocycles. The SMILES string of the molecule is CC(C)[C@H](NC(=O)[C@H](CC(=O)O)NC(=O)[C@H](Cc1ccccc1)NC(=O)C1(NC(=O)[C@@H](N)Cc2ccc(O)cc2)CCCCC1)C(=O)N[C@H](C(=O)NCC(N)=O)C(C)C. The summed E-state index contributed by atoms with van der Waals surface area (Å²) in [6.07, 6.45) is 1.66. The molecular formula is C41H58N8O10. The number of hydrogen-bond donors (Lipinski definition) is 10. The molecule has 0 radical (unpaired) electrons. The Balaban J connectivity index is 1.85. The van der Waals surface area contributed by atoms with E-state index in [-0.39, 0.29) is 31.4 Å². The van der Waals surface area contributed by atoms with Gasteiger partial charge in [-0.3, -0.25) is 38.4 Å². The molecule has 0 aromatic heterocycles. The molecule has 1 aliphatic carbocycles. The highest BCUT2D eigenvalue weighted by atomic mass is 16.4. The molecule has 0 spiro atoms. The van der Waals surface area contributed by atoms with Crippen LogP contribution in [0.15, 0.2) is 54.6 Å². The molecule has 1 aliphatic rings. The maximum atomic E-state index is 14.3. The molecule has 2 aromatic carbocycles. The standard InChI is InChI=1S/C41H58N8O10/c1-23(2)33(38(57)44-22-31(43)51)48-39(58)34(24(3)4)47-37(56)30(21-32(52)53)45-36(55)29(20-25-11-7-5-8-12-25)46-40(59)41(17-9-6-10-18-41)49-35(54)28(42)19-26-13-15-27(50)16-14-26/h5,7-8,11-16,23-24,28-30,33-34,50H,6,9-10,17-22,42H2,1-4H3,(H2,43,51)(H,44,57)(H,45,55)(H,46,59)(H,47,56)(H,48,58)(H,49,54)(H,52,53)/t28-,29-,30-,33-,34-/m0/s1. The fourth-order valence-electron chi connectivity index (χ4n) is 6.73. The number of nitrogens with one attached hydrogen (secondary N) is 6. The van der Waals surface area contributed by atoms with Crippen molar-refractivity contribution in [2.45, 2.75) is 115 Å². The highest BCUT2D eigenvalue weighted by Gasteiger charge is 2.43. The monoisotopic (exact) mass is 822 g/mol. The summed E-state index contributed by atoms with van der Waals surface area (Å²) in [5.41, 5.74) is 11.3. The van der Waals surface area contributed by atoms with Crippen molar-refractivity contribution in [3.05, 3.63) is 65.7 Å². The van der Waals surface area contributed by atoms with Crippen LogP contribution >= 0.6 is 0 Å². The van der Waals surface area contributed by atoms with E-state index in [1.807, 2.05) is 0 Å². The zero-order valence-electron chi connectivity index (χ0n) is 33.9. The number of hydrogen-bond acceptors (Lipinski definition) is 10.